The predicted octanol–water partition coefficient (Wildman–Crippen LogP) is 3.69. The quantitative estimate of drug-likeness (QED) is 0.496. The summed E-state index contributed by atoms with van der Waals surface area (Å²) < 4.78 is 5.73. The van der Waals surface area contributed by atoms with Crippen LogP contribution in [0.15, 0.2) is 60.7 Å². The number of benzene rings is 2. The fraction of sp³-hybridized carbons (Fsp3) is 0.273. The smallest absolute Gasteiger partial charge is 0.326 e. The standard InChI is InChI=1S/C22H25NO4/c1-2-3-15-27-20-12-8-7-11-18(20)13-14-21(24)23-19(22(25)26)16-17-9-5-4-6-10-17/h4-14,19H,2-3,15-16H2,1H3,(H,23,24)(H,25,26)/b14-13+/t19-/m1/s1. The third-order valence-corrected chi connectivity index (χ3v) is 3.99. The Morgan fingerprint density at radius 1 is 1.11 bits per heavy atom. The van der Waals surface area contributed by atoms with Crippen molar-refractivity contribution >= 4 is 18.0 Å². The van der Waals surface area contributed by atoms with Crippen molar-refractivity contribution in [1.82, 2.24) is 5.32 Å². The molecule has 1 atom stereocenters. The molecule has 5 nitrogen and oxygen atoms in total. The molecule has 0 heterocycles. The summed E-state index contributed by atoms with van der Waals surface area (Å²) >= 11 is 0. The van der Waals surface area contributed by atoms with E-state index in [-0.39, 0.29) is 6.42 Å². The SMILES string of the molecule is CCCCOc1ccccc1/C=C/C(=O)N[C@H](Cc1ccccc1)C(=O)O. The lowest BCUT2D eigenvalue weighted by molar-refractivity contribution is -0.141. The van der Waals surface area contributed by atoms with Gasteiger partial charge in [-0.1, -0.05) is 61.9 Å². The summed E-state index contributed by atoms with van der Waals surface area (Å²) in [5.74, 6) is -0.820. The first-order valence-corrected chi connectivity index (χ1v) is 9.07. The predicted molar refractivity (Wildman–Crippen MR) is 106 cm³/mol. The first-order valence-electron chi connectivity index (χ1n) is 9.07. The van der Waals surface area contributed by atoms with E-state index in [4.69, 9.17) is 4.74 Å². The third kappa shape index (κ3) is 6.98. The fourth-order valence-electron chi connectivity index (χ4n) is 2.51. The van der Waals surface area contributed by atoms with E-state index >= 15 is 0 Å². The highest BCUT2D eigenvalue weighted by Crippen LogP contribution is 2.19. The van der Waals surface area contributed by atoms with E-state index in [0.717, 1.165) is 24.0 Å². The number of para-hydroxylation sites is 1. The number of aliphatic carboxylic acids is 1. The lowest BCUT2D eigenvalue weighted by Gasteiger charge is -2.13. The molecule has 0 aliphatic rings. The van der Waals surface area contributed by atoms with Gasteiger partial charge in [-0.15, -0.1) is 0 Å². The molecule has 0 bridgehead atoms. The third-order valence-electron chi connectivity index (χ3n) is 3.99. The number of hydrogen-bond acceptors (Lipinski definition) is 3. The van der Waals surface area contributed by atoms with Gasteiger partial charge in [-0.05, 0) is 24.1 Å². The Morgan fingerprint density at radius 3 is 2.52 bits per heavy atom. The molecule has 2 rings (SSSR count). The molecular weight excluding hydrogens is 342 g/mol. The molecule has 142 valence electrons. The van der Waals surface area contributed by atoms with Gasteiger partial charge in [0.2, 0.25) is 5.91 Å². The van der Waals surface area contributed by atoms with E-state index in [2.05, 4.69) is 12.2 Å². The number of carbonyl (C=O) groups is 2. The van der Waals surface area contributed by atoms with E-state index < -0.39 is 17.9 Å². The van der Waals surface area contributed by atoms with Gasteiger partial charge in [-0.2, -0.15) is 0 Å². The number of rotatable bonds is 10. The molecule has 5 heteroatoms. The van der Waals surface area contributed by atoms with Crippen LogP contribution in [0.25, 0.3) is 6.08 Å². The van der Waals surface area contributed by atoms with Crippen LogP contribution in [0.4, 0.5) is 0 Å². The van der Waals surface area contributed by atoms with Crippen molar-refractivity contribution in [3.05, 3.63) is 71.8 Å². The number of unbranched alkanes of at least 4 members (excludes halogenated alkanes) is 1. The van der Waals surface area contributed by atoms with Crippen LogP contribution < -0.4 is 10.1 Å². The lowest BCUT2D eigenvalue weighted by Crippen LogP contribution is -2.41. The number of carboxylic acids is 1. The molecule has 0 unspecified atom stereocenters. The zero-order valence-corrected chi connectivity index (χ0v) is 15.4. The Hall–Kier alpha value is -3.08. The van der Waals surface area contributed by atoms with Crippen molar-refractivity contribution in [3.8, 4) is 5.75 Å². The van der Waals surface area contributed by atoms with Crippen LogP contribution >= 0.6 is 0 Å². The van der Waals surface area contributed by atoms with Crippen molar-refractivity contribution < 1.29 is 19.4 Å². The summed E-state index contributed by atoms with van der Waals surface area (Å²) in [5.41, 5.74) is 1.63. The minimum absolute atomic E-state index is 0.229. The van der Waals surface area contributed by atoms with Gasteiger partial charge in [-0.25, -0.2) is 4.79 Å². The highest BCUT2D eigenvalue weighted by atomic mass is 16.5. The molecule has 0 aliphatic heterocycles. The van der Waals surface area contributed by atoms with Crippen molar-refractivity contribution in [2.75, 3.05) is 6.61 Å². The first-order chi connectivity index (χ1) is 13.1. The Bertz CT molecular complexity index is 771. The summed E-state index contributed by atoms with van der Waals surface area (Å²) in [5, 5.41) is 11.9. The number of amides is 1. The van der Waals surface area contributed by atoms with E-state index in [1.54, 1.807) is 6.08 Å². The summed E-state index contributed by atoms with van der Waals surface area (Å²) in [4.78, 5) is 23.6. The Morgan fingerprint density at radius 2 is 1.81 bits per heavy atom. The van der Waals surface area contributed by atoms with Crippen molar-refractivity contribution in [1.29, 1.82) is 0 Å². The Kier molecular flexibility index (Phi) is 8.10. The van der Waals surface area contributed by atoms with Crippen LogP contribution in [-0.4, -0.2) is 29.6 Å². The molecular formula is C22H25NO4. The second kappa shape index (κ2) is 10.8. The van der Waals surface area contributed by atoms with Crippen LogP contribution in [0.5, 0.6) is 5.75 Å². The second-order valence-electron chi connectivity index (χ2n) is 6.16. The number of nitrogens with one attached hydrogen (secondary N) is 1. The lowest BCUT2D eigenvalue weighted by atomic mass is 10.1. The number of carbonyl (C=O) groups excluding carboxylic acids is 1. The summed E-state index contributed by atoms with van der Waals surface area (Å²) in [7, 11) is 0. The molecule has 0 aliphatic carbocycles. The van der Waals surface area contributed by atoms with Crippen LogP contribution in [-0.2, 0) is 16.0 Å². The average Bonchev–Trinajstić information content (AvgIpc) is 2.67. The monoisotopic (exact) mass is 367 g/mol. The van der Waals surface area contributed by atoms with Gasteiger partial charge in [0.05, 0.1) is 6.61 Å². The molecule has 0 saturated carbocycles. The number of carboxylic acid groups (broad SMARTS) is 1. The number of hydrogen-bond donors (Lipinski definition) is 2. The minimum atomic E-state index is -1.07. The topological polar surface area (TPSA) is 75.6 Å². The molecule has 0 spiro atoms. The van der Waals surface area contributed by atoms with Crippen molar-refractivity contribution in [2.24, 2.45) is 0 Å². The second-order valence-corrected chi connectivity index (χ2v) is 6.16. The van der Waals surface area contributed by atoms with Gasteiger partial charge in [0.15, 0.2) is 0 Å². The number of ether oxygens (including phenoxy) is 1. The molecule has 0 saturated heterocycles. The molecule has 1 amide bonds. The highest BCUT2D eigenvalue weighted by molar-refractivity contribution is 5.94. The molecule has 0 radical (unpaired) electrons. The highest BCUT2D eigenvalue weighted by Gasteiger charge is 2.19. The van der Waals surface area contributed by atoms with Gasteiger partial charge in [-0.3, -0.25) is 4.79 Å². The van der Waals surface area contributed by atoms with Crippen molar-refractivity contribution in [2.45, 2.75) is 32.2 Å². The van der Waals surface area contributed by atoms with Crippen LogP contribution in [0, 0.1) is 0 Å². The molecule has 0 fully saturated rings. The fourth-order valence-corrected chi connectivity index (χ4v) is 2.51. The van der Waals surface area contributed by atoms with Crippen LogP contribution in [0.1, 0.15) is 30.9 Å². The van der Waals surface area contributed by atoms with Gasteiger partial charge in [0, 0.05) is 18.1 Å². The minimum Gasteiger partial charge on any atom is -0.493 e. The average molecular weight is 367 g/mol. The molecule has 0 aromatic heterocycles. The summed E-state index contributed by atoms with van der Waals surface area (Å²) in [6.07, 6.45) is 5.20. The summed E-state index contributed by atoms with van der Waals surface area (Å²) in [6, 6.07) is 15.7. The van der Waals surface area contributed by atoms with Gasteiger partial charge in [0.25, 0.3) is 0 Å². The molecule has 2 aromatic carbocycles. The maximum absolute atomic E-state index is 12.2. The van der Waals surface area contributed by atoms with Gasteiger partial charge in [0.1, 0.15) is 11.8 Å². The molecule has 27 heavy (non-hydrogen) atoms. The maximum Gasteiger partial charge on any atom is 0.326 e. The Balaban J connectivity index is 2.00. The molecule has 2 aromatic rings. The van der Waals surface area contributed by atoms with E-state index in [0.29, 0.717) is 12.4 Å². The van der Waals surface area contributed by atoms with Gasteiger partial charge >= 0.3 is 5.97 Å². The van der Waals surface area contributed by atoms with Crippen LogP contribution in [0.3, 0.4) is 0 Å². The first kappa shape index (κ1) is 20.2. The normalized spacial score (nSPS) is 11.9. The van der Waals surface area contributed by atoms with E-state index in [1.165, 1.54) is 6.08 Å². The van der Waals surface area contributed by atoms with E-state index in [1.807, 2.05) is 54.6 Å². The van der Waals surface area contributed by atoms with E-state index in [9.17, 15) is 14.7 Å². The largest absolute Gasteiger partial charge is 0.493 e. The molecule has 2 N–H and O–H groups in total. The van der Waals surface area contributed by atoms with Gasteiger partial charge < -0.3 is 15.2 Å². The summed E-state index contributed by atoms with van der Waals surface area (Å²) in [6.45, 7) is 2.71. The zero-order valence-electron chi connectivity index (χ0n) is 15.4. The zero-order chi connectivity index (χ0) is 19.5. The maximum atomic E-state index is 12.2. The van der Waals surface area contributed by atoms with Crippen molar-refractivity contribution in [3.63, 3.8) is 0 Å². The Labute approximate surface area is 159 Å². The van der Waals surface area contributed by atoms with Crippen LogP contribution in [0.2, 0.25) is 0 Å².